The fraction of sp³-hybridized carbons (Fsp3) is 0.364. The topological polar surface area (TPSA) is 124 Å². The van der Waals surface area contributed by atoms with Gasteiger partial charge in [-0.2, -0.15) is 30.7 Å². The maximum atomic E-state index is 13.5. The van der Waals surface area contributed by atoms with Crippen molar-refractivity contribution < 1.29 is 58.7 Å². The van der Waals surface area contributed by atoms with Gasteiger partial charge >= 0.3 is 29.0 Å². The van der Waals surface area contributed by atoms with Gasteiger partial charge in [-0.25, -0.2) is 13.2 Å². The number of benzene rings is 1. The van der Waals surface area contributed by atoms with Crippen molar-refractivity contribution in [1.29, 1.82) is 0 Å². The normalized spacial score (nSPS) is 13.3. The molecule has 0 amide bonds. The molecule has 0 heterocycles. The van der Waals surface area contributed by atoms with E-state index >= 15 is 0 Å². The molecule has 0 atom stereocenters. The number of hydrogen-bond acceptors (Lipinski definition) is 6. The lowest BCUT2D eigenvalue weighted by molar-refractivity contribution is -0.386. The third kappa shape index (κ3) is 3.88. The summed E-state index contributed by atoms with van der Waals surface area (Å²) in [7, 11) is -6.76. The molecule has 0 aliphatic heterocycles. The molecule has 27 heavy (non-hydrogen) atoms. The van der Waals surface area contributed by atoms with Crippen LogP contribution in [-0.4, -0.2) is 48.4 Å². The van der Waals surface area contributed by atoms with Crippen molar-refractivity contribution >= 4 is 21.5 Å². The molecule has 0 aromatic heterocycles. The molecule has 8 nitrogen and oxygen atoms in total. The first-order chi connectivity index (χ1) is 12.0. The van der Waals surface area contributed by atoms with Crippen LogP contribution in [0.15, 0.2) is 23.1 Å². The molecular weight excluding hydrogens is 423 g/mol. The fourth-order valence-corrected chi connectivity index (χ4v) is 2.81. The summed E-state index contributed by atoms with van der Waals surface area (Å²) >= 11 is 0. The van der Waals surface area contributed by atoms with E-state index in [-0.39, 0.29) is 18.2 Å². The highest BCUT2D eigenvalue weighted by atomic mass is 32.2. The number of nitro groups is 1. The van der Waals surface area contributed by atoms with E-state index in [1.165, 1.54) is 0 Å². The molecule has 16 heteroatoms. The first-order valence-electron chi connectivity index (χ1n) is 6.17. The first kappa shape index (κ1) is 22.4. The van der Waals surface area contributed by atoms with Crippen LogP contribution in [0.1, 0.15) is 0 Å². The molecule has 0 saturated heterocycles. The quantitative estimate of drug-likeness (QED) is 0.401. The Kier molecular flexibility index (Phi) is 5.66. The summed E-state index contributed by atoms with van der Waals surface area (Å²) in [6.45, 7) is -1.19. The van der Waals surface area contributed by atoms with Crippen LogP contribution in [0.3, 0.4) is 0 Å². The van der Waals surface area contributed by atoms with Gasteiger partial charge in [0.15, 0.2) is 12.4 Å². The number of halogens is 7. The lowest BCUT2D eigenvalue weighted by Gasteiger charge is -2.27. The molecule has 0 saturated carbocycles. The molecule has 0 radical (unpaired) electrons. The monoisotopic (exact) mass is 429 g/mol. The molecule has 1 aromatic rings. The second-order valence-corrected chi connectivity index (χ2v) is 6.65. The van der Waals surface area contributed by atoms with E-state index in [0.29, 0.717) is 0 Å². The highest BCUT2D eigenvalue weighted by Gasteiger charge is 2.78. The zero-order valence-corrected chi connectivity index (χ0v) is 13.2. The molecule has 0 fully saturated rings. The van der Waals surface area contributed by atoms with Crippen LogP contribution in [0.4, 0.5) is 36.4 Å². The number of aliphatic carboxylic acids is 1. The van der Waals surface area contributed by atoms with Gasteiger partial charge < -0.3 is 9.84 Å². The van der Waals surface area contributed by atoms with Crippen molar-refractivity contribution in [2.75, 3.05) is 6.61 Å². The molecule has 0 bridgehead atoms. The maximum Gasteiger partial charge on any atom is 0.461 e. The van der Waals surface area contributed by atoms with E-state index in [9.17, 15) is 54.1 Å². The van der Waals surface area contributed by atoms with Gasteiger partial charge in [0.2, 0.25) is 0 Å². The van der Waals surface area contributed by atoms with Crippen LogP contribution < -0.4 is 4.74 Å². The summed E-state index contributed by atoms with van der Waals surface area (Å²) in [5, 5.41) is 12.5. The van der Waals surface area contributed by atoms with Gasteiger partial charge in [-0.1, -0.05) is 0 Å². The Morgan fingerprint density at radius 3 is 2.07 bits per heavy atom. The number of carboxylic acids is 1. The average Bonchev–Trinajstić information content (AvgIpc) is 2.50. The Morgan fingerprint density at radius 2 is 1.67 bits per heavy atom. The SMILES string of the molecule is O=C(O)COc1ccc(S(=O)(=O)C(F)(F)C(F)(F)C(F)(F)F)cc1[N+](=O)[O-]. The lowest BCUT2D eigenvalue weighted by atomic mass is 10.3. The van der Waals surface area contributed by atoms with Crippen LogP contribution in [-0.2, 0) is 14.6 Å². The van der Waals surface area contributed by atoms with Gasteiger partial charge in [-0.05, 0) is 12.1 Å². The zero-order chi connectivity index (χ0) is 21.4. The smallest absolute Gasteiger partial charge is 0.461 e. The molecule has 1 rings (SSSR count). The van der Waals surface area contributed by atoms with Crippen molar-refractivity contribution in [3.8, 4) is 5.75 Å². The highest BCUT2D eigenvalue weighted by Crippen LogP contribution is 2.51. The second-order valence-electron chi connectivity index (χ2n) is 4.66. The van der Waals surface area contributed by atoms with Crippen LogP contribution in [0.2, 0.25) is 0 Å². The molecule has 152 valence electrons. The standard InChI is InChI=1S/C11H6F7NO7S/c12-9(13,10(14,15)16)11(17,18)27(24,25)5-1-2-7(26-4-8(20)21)6(3-5)19(22)23/h1-3H,4H2,(H,20,21). The number of rotatable bonds is 7. The van der Waals surface area contributed by atoms with Gasteiger partial charge in [-0.3, -0.25) is 10.1 Å². The summed E-state index contributed by atoms with van der Waals surface area (Å²) in [5.41, 5.74) is -1.46. The molecule has 0 aliphatic rings. The van der Waals surface area contributed by atoms with E-state index in [4.69, 9.17) is 5.11 Å². The number of hydrogen-bond donors (Lipinski definition) is 1. The number of nitrogens with zero attached hydrogens (tertiary/aromatic N) is 1. The van der Waals surface area contributed by atoms with E-state index < -0.39 is 61.0 Å². The van der Waals surface area contributed by atoms with Gasteiger partial charge in [-0.15, -0.1) is 0 Å². The highest BCUT2D eigenvalue weighted by molar-refractivity contribution is 7.92. The predicted octanol–water partition coefficient (Wildman–Crippen LogP) is 2.62. The van der Waals surface area contributed by atoms with Crippen molar-refractivity contribution in [2.45, 2.75) is 22.2 Å². The van der Waals surface area contributed by atoms with Crippen molar-refractivity contribution in [2.24, 2.45) is 0 Å². The van der Waals surface area contributed by atoms with E-state index in [1.807, 2.05) is 0 Å². The maximum absolute atomic E-state index is 13.5. The number of nitro benzene ring substituents is 1. The zero-order valence-electron chi connectivity index (χ0n) is 12.3. The van der Waals surface area contributed by atoms with Crippen LogP contribution in [0.5, 0.6) is 5.75 Å². The van der Waals surface area contributed by atoms with Crippen molar-refractivity contribution in [3.05, 3.63) is 28.3 Å². The van der Waals surface area contributed by atoms with Crippen LogP contribution in [0.25, 0.3) is 0 Å². The minimum atomic E-state index is -7.01. The van der Waals surface area contributed by atoms with Gasteiger partial charge in [0, 0.05) is 6.07 Å². The summed E-state index contributed by atoms with van der Waals surface area (Å²) in [6, 6.07) is 0.0303. The van der Waals surface area contributed by atoms with Crippen LogP contribution in [0, 0.1) is 10.1 Å². The summed E-state index contributed by atoms with van der Waals surface area (Å²) < 4.78 is 117. The van der Waals surface area contributed by atoms with E-state index in [1.54, 1.807) is 0 Å². The fourth-order valence-electron chi connectivity index (χ4n) is 1.55. The third-order valence-electron chi connectivity index (χ3n) is 2.85. The third-order valence-corrected chi connectivity index (χ3v) is 4.65. The first-order valence-corrected chi connectivity index (χ1v) is 7.65. The number of alkyl halides is 7. The average molecular weight is 429 g/mol. The van der Waals surface area contributed by atoms with E-state index in [2.05, 4.69) is 4.74 Å². The Morgan fingerprint density at radius 1 is 1.15 bits per heavy atom. The Hall–Kier alpha value is -2.65. The molecule has 0 unspecified atom stereocenters. The number of carboxylic acid groups (broad SMARTS) is 1. The van der Waals surface area contributed by atoms with Gasteiger partial charge in [0.1, 0.15) is 0 Å². The van der Waals surface area contributed by atoms with Crippen molar-refractivity contribution in [1.82, 2.24) is 0 Å². The minimum Gasteiger partial charge on any atom is -0.479 e. The molecular formula is C11H6F7NO7S. The van der Waals surface area contributed by atoms with Crippen molar-refractivity contribution in [3.63, 3.8) is 0 Å². The minimum absolute atomic E-state index is 0.0277. The largest absolute Gasteiger partial charge is 0.479 e. The van der Waals surface area contributed by atoms with Crippen LogP contribution >= 0.6 is 0 Å². The molecule has 0 aliphatic carbocycles. The lowest BCUT2D eigenvalue weighted by Crippen LogP contribution is -2.55. The number of sulfone groups is 1. The molecule has 0 spiro atoms. The Balaban J connectivity index is 3.54. The molecule has 1 N–H and O–H groups in total. The Bertz CT molecular complexity index is 866. The van der Waals surface area contributed by atoms with E-state index in [0.717, 1.165) is 0 Å². The summed E-state index contributed by atoms with van der Waals surface area (Å²) in [5.74, 6) is -9.60. The summed E-state index contributed by atoms with van der Waals surface area (Å²) in [6.07, 6.45) is -6.94. The number of carbonyl (C=O) groups is 1. The van der Waals surface area contributed by atoms with Gasteiger partial charge in [0.05, 0.1) is 9.82 Å². The Labute approximate surface area is 144 Å². The summed E-state index contributed by atoms with van der Waals surface area (Å²) in [4.78, 5) is 17.8. The predicted molar refractivity (Wildman–Crippen MR) is 69.4 cm³/mol. The number of ether oxygens (including phenoxy) is 1. The van der Waals surface area contributed by atoms with Gasteiger partial charge in [0.25, 0.3) is 9.84 Å². The second kappa shape index (κ2) is 6.82. The molecule has 1 aromatic carbocycles.